The molecule has 10 heteroatoms. The van der Waals surface area contributed by atoms with Gasteiger partial charge in [-0.2, -0.15) is 0 Å². The van der Waals surface area contributed by atoms with Crippen molar-refractivity contribution in [2.45, 2.75) is 23.8 Å². The van der Waals surface area contributed by atoms with Gasteiger partial charge in [-0.1, -0.05) is 12.1 Å². The molecule has 9 nitrogen and oxygen atoms in total. The van der Waals surface area contributed by atoms with Crippen LogP contribution in [0.4, 0.5) is 0 Å². The molecule has 1 aliphatic heterocycles. The van der Waals surface area contributed by atoms with Gasteiger partial charge in [0.25, 0.3) is 5.91 Å². The molecular formula is C28H34N2O7S. The van der Waals surface area contributed by atoms with Crippen LogP contribution in [0.1, 0.15) is 23.2 Å². The average Bonchev–Trinajstić information content (AvgIpc) is 2.97. The van der Waals surface area contributed by atoms with Crippen molar-refractivity contribution in [3.63, 3.8) is 0 Å². The van der Waals surface area contributed by atoms with E-state index >= 15 is 0 Å². The third-order valence-electron chi connectivity index (χ3n) is 6.01. The summed E-state index contributed by atoms with van der Waals surface area (Å²) in [4.78, 5) is 11.7. The fourth-order valence-electron chi connectivity index (χ4n) is 4.05. The van der Waals surface area contributed by atoms with Crippen molar-refractivity contribution in [3.8, 4) is 39.9 Å². The van der Waals surface area contributed by atoms with Crippen molar-refractivity contribution in [2.24, 2.45) is 0 Å². The molecule has 3 aromatic rings. The number of ether oxygens (including phenoxy) is 5. The highest BCUT2D eigenvalue weighted by atomic mass is 32.1. The minimum absolute atomic E-state index is 0.127. The lowest BCUT2D eigenvalue weighted by atomic mass is 10.0. The van der Waals surface area contributed by atoms with Gasteiger partial charge in [0.05, 0.1) is 28.4 Å². The van der Waals surface area contributed by atoms with Gasteiger partial charge in [-0.25, -0.2) is 5.48 Å². The summed E-state index contributed by atoms with van der Waals surface area (Å²) in [6.45, 7) is 2.06. The van der Waals surface area contributed by atoms with Crippen LogP contribution in [0, 0.1) is 0 Å². The highest BCUT2D eigenvalue weighted by molar-refractivity contribution is 7.80. The van der Waals surface area contributed by atoms with Crippen LogP contribution >= 0.6 is 12.6 Å². The smallest absolute Gasteiger partial charge is 0.279 e. The second kappa shape index (κ2) is 14.4. The first-order valence-corrected chi connectivity index (χ1v) is 12.5. The largest absolute Gasteiger partial charge is 0.497 e. The number of thiol groups is 1. The zero-order chi connectivity index (χ0) is 27.5. The maximum absolute atomic E-state index is 11.3. The van der Waals surface area contributed by atoms with Crippen LogP contribution in [0.15, 0.2) is 59.5 Å². The number of nitrogens with one attached hydrogen (secondary N) is 2. The molecule has 1 amide bonds. The summed E-state index contributed by atoms with van der Waals surface area (Å²) < 4.78 is 26.9. The first kappa shape index (κ1) is 29.0. The maximum Gasteiger partial charge on any atom is 0.279 e. The Kier molecular flexibility index (Phi) is 11.0. The minimum Gasteiger partial charge on any atom is -0.497 e. The summed E-state index contributed by atoms with van der Waals surface area (Å²) in [7, 11) is 6.21. The van der Waals surface area contributed by atoms with E-state index < -0.39 is 5.91 Å². The van der Waals surface area contributed by atoms with E-state index in [0.29, 0.717) is 16.7 Å². The van der Waals surface area contributed by atoms with E-state index in [4.69, 9.17) is 28.9 Å². The Bertz CT molecular complexity index is 1200. The molecule has 3 N–H and O–H groups in total. The van der Waals surface area contributed by atoms with Gasteiger partial charge in [-0.15, -0.1) is 12.6 Å². The van der Waals surface area contributed by atoms with Crippen molar-refractivity contribution in [3.05, 3.63) is 60.2 Å². The molecule has 1 aliphatic rings. The molecule has 3 aromatic carbocycles. The van der Waals surface area contributed by atoms with Gasteiger partial charge in [0.2, 0.25) is 0 Å². The third-order valence-corrected chi connectivity index (χ3v) is 6.39. The Morgan fingerprint density at radius 3 is 2.08 bits per heavy atom. The zero-order valence-corrected chi connectivity index (χ0v) is 22.8. The number of hydrogen-bond donors (Lipinski definition) is 4. The monoisotopic (exact) mass is 542 g/mol. The summed E-state index contributed by atoms with van der Waals surface area (Å²) in [6, 6.07) is 17.2. The number of rotatable bonds is 8. The number of carbonyl (C=O) groups is 1. The minimum atomic E-state index is -0.698. The van der Waals surface area contributed by atoms with Crippen LogP contribution in [0.5, 0.6) is 28.7 Å². The molecular weight excluding hydrogens is 508 g/mol. The fraction of sp³-hybridized carbons (Fsp3) is 0.321. The molecule has 0 radical (unpaired) electrons. The second-order valence-electron chi connectivity index (χ2n) is 8.29. The molecule has 38 heavy (non-hydrogen) atoms. The average molecular weight is 543 g/mol. The maximum atomic E-state index is 11.3. The van der Waals surface area contributed by atoms with Crippen molar-refractivity contribution in [1.29, 1.82) is 0 Å². The Balaban J connectivity index is 0.000000232. The number of carbonyl (C=O) groups excluding carboxylic acids is 1. The summed E-state index contributed by atoms with van der Waals surface area (Å²) in [6.07, 6.45) is 2.44. The van der Waals surface area contributed by atoms with E-state index in [1.54, 1.807) is 26.4 Å². The Hall–Kier alpha value is -3.60. The van der Waals surface area contributed by atoms with Gasteiger partial charge in [-0.05, 0) is 74.0 Å². The first-order chi connectivity index (χ1) is 18.4. The predicted octanol–water partition coefficient (Wildman–Crippen LogP) is 4.61. The number of amides is 1. The molecule has 1 heterocycles. The topological polar surface area (TPSA) is 108 Å². The summed E-state index contributed by atoms with van der Waals surface area (Å²) >= 11 is 4.09. The van der Waals surface area contributed by atoms with Gasteiger partial charge in [0, 0.05) is 10.5 Å². The molecule has 1 saturated heterocycles. The van der Waals surface area contributed by atoms with Crippen LogP contribution in [-0.4, -0.2) is 58.7 Å². The van der Waals surface area contributed by atoms with E-state index in [1.165, 1.54) is 19.7 Å². The predicted molar refractivity (Wildman–Crippen MR) is 148 cm³/mol. The van der Waals surface area contributed by atoms with Crippen molar-refractivity contribution in [2.75, 3.05) is 41.5 Å². The van der Waals surface area contributed by atoms with Gasteiger partial charge in [-0.3, -0.25) is 10.0 Å². The fourth-order valence-corrected chi connectivity index (χ4v) is 4.33. The Morgan fingerprint density at radius 2 is 1.50 bits per heavy atom. The van der Waals surface area contributed by atoms with Crippen LogP contribution in [0.2, 0.25) is 0 Å². The van der Waals surface area contributed by atoms with Crippen molar-refractivity contribution >= 4 is 18.5 Å². The number of piperidine rings is 1. The van der Waals surface area contributed by atoms with E-state index in [1.807, 2.05) is 30.3 Å². The SMILES string of the molecule is COc1ccc(OC)c(-c2ccc(OC3CCNCC3)cc2)c1.COc1ccc(S)c(C(=O)NO)c1OC. The summed E-state index contributed by atoms with van der Waals surface area (Å²) in [5, 5.41) is 11.9. The first-order valence-electron chi connectivity index (χ1n) is 12.0. The van der Waals surface area contributed by atoms with Crippen LogP contribution in [-0.2, 0) is 0 Å². The highest BCUT2D eigenvalue weighted by Crippen LogP contribution is 2.35. The van der Waals surface area contributed by atoms with E-state index in [9.17, 15) is 4.79 Å². The molecule has 0 aliphatic carbocycles. The highest BCUT2D eigenvalue weighted by Gasteiger charge is 2.19. The molecule has 0 unspecified atom stereocenters. The van der Waals surface area contributed by atoms with Crippen LogP contribution in [0.25, 0.3) is 11.1 Å². The van der Waals surface area contributed by atoms with E-state index in [0.717, 1.165) is 54.3 Å². The van der Waals surface area contributed by atoms with Crippen molar-refractivity contribution < 1.29 is 33.7 Å². The van der Waals surface area contributed by atoms with Gasteiger partial charge < -0.3 is 29.0 Å². The molecule has 0 aromatic heterocycles. The van der Waals surface area contributed by atoms with Crippen LogP contribution < -0.4 is 34.5 Å². The molecule has 4 rings (SSSR count). The third kappa shape index (κ3) is 7.25. The molecule has 204 valence electrons. The molecule has 0 bridgehead atoms. The Labute approximate surface area is 228 Å². The van der Waals surface area contributed by atoms with Crippen molar-refractivity contribution in [1.82, 2.24) is 10.8 Å². The summed E-state index contributed by atoms with van der Waals surface area (Å²) in [5.74, 6) is 2.50. The Morgan fingerprint density at radius 1 is 0.868 bits per heavy atom. The standard InChI is InChI=1S/C19H23NO3.C9H11NO4S/c1-21-17-7-8-19(22-2)18(13-17)14-3-5-15(6-4-14)23-16-9-11-20-12-10-16;1-13-5-3-4-6(15)7(8(5)14-2)9(11)10-12/h3-8,13,16,20H,9-12H2,1-2H3;3-4,12,15H,1-2H3,(H,10,11). The summed E-state index contributed by atoms with van der Waals surface area (Å²) in [5.41, 5.74) is 3.75. The molecule has 0 saturated carbocycles. The molecule has 1 fully saturated rings. The number of hydrogen-bond acceptors (Lipinski definition) is 9. The lowest BCUT2D eigenvalue weighted by Crippen LogP contribution is -2.34. The van der Waals surface area contributed by atoms with E-state index in [2.05, 4.69) is 30.1 Å². The molecule has 0 spiro atoms. The quantitative estimate of drug-likeness (QED) is 0.186. The lowest BCUT2D eigenvalue weighted by Gasteiger charge is -2.23. The number of benzene rings is 3. The van der Waals surface area contributed by atoms with E-state index in [-0.39, 0.29) is 11.3 Å². The van der Waals surface area contributed by atoms with Gasteiger partial charge in [0.1, 0.15) is 28.9 Å². The normalized spacial score (nSPS) is 13.0. The van der Waals surface area contributed by atoms with Gasteiger partial charge >= 0.3 is 0 Å². The van der Waals surface area contributed by atoms with Gasteiger partial charge in [0.15, 0.2) is 11.5 Å². The van der Waals surface area contributed by atoms with Crippen LogP contribution in [0.3, 0.4) is 0 Å². The number of methoxy groups -OCH3 is 4. The lowest BCUT2D eigenvalue weighted by molar-refractivity contribution is 0.0699. The molecule has 0 atom stereocenters. The zero-order valence-electron chi connectivity index (χ0n) is 21.9. The number of hydroxylamine groups is 1. The second-order valence-corrected chi connectivity index (χ2v) is 8.78.